The third-order valence-corrected chi connectivity index (χ3v) is 5.60. The molecule has 1 heterocycles. The number of benzene rings is 2. The Labute approximate surface area is 168 Å². The predicted octanol–water partition coefficient (Wildman–Crippen LogP) is 4.55. The van der Waals surface area contributed by atoms with Gasteiger partial charge in [0.2, 0.25) is 0 Å². The van der Waals surface area contributed by atoms with Crippen LogP contribution in [0.5, 0.6) is 0 Å². The summed E-state index contributed by atoms with van der Waals surface area (Å²) in [5.74, 6) is 0.455. The Balaban J connectivity index is 1.68. The number of nitrogens with one attached hydrogen (secondary N) is 1. The summed E-state index contributed by atoms with van der Waals surface area (Å²) < 4.78 is 0. The van der Waals surface area contributed by atoms with Crippen LogP contribution in [0.25, 0.3) is 10.9 Å². The minimum atomic E-state index is -0.178. The molecule has 2 aromatic carbocycles. The van der Waals surface area contributed by atoms with Crippen LogP contribution in [0.4, 0.5) is 0 Å². The number of hydrogen-bond donors (Lipinski definition) is 1. The number of H-pyrrole nitrogens is 1. The van der Waals surface area contributed by atoms with Crippen molar-refractivity contribution < 1.29 is 4.79 Å². The molecular weight excluding hydrogens is 374 g/mol. The number of hydrogen-bond acceptors (Lipinski definition) is 3. The Bertz CT molecular complexity index is 1040. The SMILES string of the molecule is O=C(c1ccc(Cl)cc1)N(Cc1nc2ccccc2c(=O)[nH]1)C1CCCCC1. The Morgan fingerprint density at radius 1 is 1.07 bits per heavy atom. The first kappa shape index (κ1) is 18.7. The zero-order valence-corrected chi connectivity index (χ0v) is 16.3. The van der Waals surface area contributed by atoms with Gasteiger partial charge in [-0.25, -0.2) is 4.98 Å². The smallest absolute Gasteiger partial charge is 0.258 e. The average Bonchev–Trinajstić information content (AvgIpc) is 2.73. The number of halogens is 1. The highest BCUT2D eigenvalue weighted by Crippen LogP contribution is 2.25. The molecule has 0 radical (unpaired) electrons. The number of para-hydroxylation sites is 1. The second-order valence-corrected chi connectivity index (χ2v) is 7.70. The maximum Gasteiger partial charge on any atom is 0.258 e. The monoisotopic (exact) mass is 395 g/mol. The van der Waals surface area contributed by atoms with Crippen LogP contribution in [0.15, 0.2) is 53.3 Å². The number of rotatable bonds is 4. The molecule has 1 saturated carbocycles. The predicted molar refractivity (Wildman–Crippen MR) is 111 cm³/mol. The van der Waals surface area contributed by atoms with Crippen LogP contribution >= 0.6 is 11.6 Å². The Kier molecular flexibility index (Phi) is 5.44. The molecule has 144 valence electrons. The molecule has 0 aliphatic heterocycles. The molecule has 1 amide bonds. The summed E-state index contributed by atoms with van der Waals surface area (Å²) >= 11 is 5.97. The highest BCUT2D eigenvalue weighted by atomic mass is 35.5. The normalized spacial score (nSPS) is 14.9. The van der Waals surface area contributed by atoms with Gasteiger partial charge in [-0.15, -0.1) is 0 Å². The minimum Gasteiger partial charge on any atom is -0.328 e. The summed E-state index contributed by atoms with van der Waals surface area (Å²) in [6.07, 6.45) is 5.35. The quantitative estimate of drug-likeness (QED) is 0.704. The largest absolute Gasteiger partial charge is 0.328 e. The third-order valence-electron chi connectivity index (χ3n) is 5.35. The van der Waals surface area contributed by atoms with Gasteiger partial charge in [-0.2, -0.15) is 0 Å². The molecule has 1 aliphatic rings. The Morgan fingerprint density at radius 3 is 2.54 bits per heavy atom. The zero-order chi connectivity index (χ0) is 19.5. The topological polar surface area (TPSA) is 66.1 Å². The van der Waals surface area contributed by atoms with Crippen molar-refractivity contribution in [3.8, 4) is 0 Å². The van der Waals surface area contributed by atoms with E-state index in [2.05, 4.69) is 9.97 Å². The lowest BCUT2D eigenvalue weighted by atomic mass is 9.93. The van der Waals surface area contributed by atoms with E-state index >= 15 is 0 Å². The second kappa shape index (κ2) is 8.15. The summed E-state index contributed by atoms with van der Waals surface area (Å²) in [6, 6.07) is 14.3. The van der Waals surface area contributed by atoms with E-state index in [1.807, 2.05) is 23.1 Å². The van der Waals surface area contributed by atoms with Crippen LogP contribution < -0.4 is 5.56 Å². The molecule has 1 fully saturated rings. The first-order valence-corrected chi connectivity index (χ1v) is 10.0. The van der Waals surface area contributed by atoms with E-state index in [1.54, 1.807) is 30.3 Å². The maximum absolute atomic E-state index is 13.3. The molecule has 6 heteroatoms. The molecule has 3 aromatic rings. The van der Waals surface area contributed by atoms with Crippen LogP contribution in [-0.2, 0) is 6.54 Å². The molecule has 28 heavy (non-hydrogen) atoms. The van der Waals surface area contributed by atoms with E-state index < -0.39 is 0 Å². The number of carbonyl (C=O) groups excluding carboxylic acids is 1. The van der Waals surface area contributed by atoms with E-state index in [0.29, 0.717) is 27.3 Å². The molecule has 1 N–H and O–H groups in total. The zero-order valence-electron chi connectivity index (χ0n) is 15.5. The lowest BCUT2D eigenvalue weighted by Crippen LogP contribution is -2.41. The molecule has 0 unspecified atom stereocenters. The number of aromatic amines is 1. The molecular formula is C22H22ClN3O2. The molecule has 0 spiro atoms. The Morgan fingerprint density at radius 2 is 1.79 bits per heavy atom. The highest BCUT2D eigenvalue weighted by molar-refractivity contribution is 6.30. The minimum absolute atomic E-state index is 0.0561. The summed E-state index contributed by atoms with van der Waals surface area (Å²) in [7, 11) is 0. The van der Waals surface area contributed by atoms with Gasteiger partial charge in [0.05, 0.1) is 17.4 Å². The van der Waals surface area contributed by atoms with Gasteiger partial charge in [-0.05, 0) is 49.2 Å². The molecule has 0 atom stereocenters. The van der Waals surface area contributed by atoms with Crippen molar-refractivity contribution in [1.82, 2.24) is 14.9 Å². The van der Waals surface area contributed by atoms with Crippen molar-refractivity contribution in [3.05, 3.63) is 75.3 Å². The fourth-order valence-corrected chi connectivity index (χ4v) is 4.01. The maximum atomic E-state index is 13.3. The van der Waals surface area contributed by atoms with Crippen LogP contribution in [0.3, 0.4) is 0 Å². The van der Waals surface area contributed by atoms with Crippen LogP contribution in [0.1, 0.15) is 48.3 Å². The number of carbonyl (C=O) groups is 1. The average molecular weight is 396 g/mol. The van der Waals surface area contributed by atoms with Crippen molar-refractivity contribution in [1.29, 1.82) is 0 Å². The van der Waals surface area contributed by atoms with E-state index in [-0.39, 0.29) is 24.1 Å². The fraction of sp³-hybridized carbons (Fsp3) is 0.318. The van der Waals surface area contributed by atoms with Gasteiger partial charge in [-0.1, -0.05) is 43.0 Å². The van der Waals surface area contributed by atoms with Gasteiger partial charge < -0.3 is 9.88 Å². The van der Waals surface area contributed by atoms with Gasteiger partial charge in [0.15, 0.2) is 0 Å². The number of amides is 1. The summed E-state index contributed by atoms with van der Waals surface area (Å²) in [6.45, 7) is 0.284. The fourth-order valence-electron chi connectivity index (χ4n) is 3.89. The van der Waals surface area contributed by atoms with Gasteiger partial charge in [0.25, 0.3) is 11.5 Å². The molecule has 0 bridgehead atoms. The van der Waals surface area contributed by atoms with E-state index in [4.69, 9.17) is 11.6 Å². The third kappa shape index (κ3) is 3.94. The first-order valence-electron chi connectivity index (χ1n) is 9.66. The standard InChI is InChI=1S/C22H22ClN3O2/c23-16-12-10-15(11-13-16)22(28)26(17-6-2-1-3-7-17)14-20-24-19-9-5-4-8-18(19)21(27)25-20/h4-5,8-13,17H,1-3,6-7,14H2,(H,24,25,27). The molecule has 0 saturated heterocycles. The van der Waals surface area contributed by atoms with Gasteiger partial charge in [-0.3, -0.25) is 9.59 Å². The highest BCUT2D eigenvalue weighted by Gasteiger charge is 2.27. The van der Waals surface area contributed by atoms with E-state index in [1.165, 1.54) is 6.42 Å². The van der Waals surface area contributed by atoms with Crippen molar-refractivity contribution in [2.24, 2.45) is 0 Å². The van der Waals surface area contributed by atoms with Crippen molar-refractivity contribution >= 4 is 28.4 Å². The summed E-state index contributed by atoms with van der Waals surface area (Å²) in [4.78, 5) is 35.0. The second-order valence-electron chi connectivity index (χ2n) is 7.26. The number of fused-ring (bicyclic) bond motifs is 1. The van der Waals surface area contributed by atoms with Gasteiger partial charge in [0.1, 0.15) is 5.82 Å². The lowest BCUT2D eigenvalue weighted by molar-refractivity contribution is 0.0607. The first-order chi connectivity index (χ1) is 13.6. The van der Waals surface area contributed by atoms with Crippen LogP contribution in [0, 0.1) is 0 Å². The van der Waals surface area contributed by atoms with Crippen molar-refractivity contribution in [2.75, 3.05) is 0 Å². The van der Waals surface area contributed by atoms with E-state index in [0.717, 1.165) is 25.7 Å². The van der Waals surface area contributed by atoms with Gasteiger partial charge >= 0.3 is 0 Å². The molecule has 4 rings (SSSR count). The molecule has 1 aromatic heterocycles. The lowest BCUT2D eigenvalue weighted by Gasteiger charge is -2.34. The van der Waals surface area contributed by atoms with Crippen LogP contribution in [0.2, 0.25) is 5.02 Å². The molecule has 1 aliphatic carbocycles. The molecule has 5 nitrogen and oxygen atoms in total. The number of nitrogens with zero attached hydrogens (tertiary/aromatic N) is 2. The summed E-state index contributed by atoms with van der Waals surface area (Å²) in [5.41, 5.74) is 1.06. The Hall–Kier alpha value is -2.66. The summed E-state index contributed by atoms with van der Waals surface area (Å²) in [5, 5.41) is 1.15. The van der Waals surface area contributed by atoms with Crippen LogP contribution in [-0.4, -0.2) is 26.8 Å². The van der Waals surface area contributed by atoms with Crippen molar-refractivity contribution in [2.45, 2.75) is 44.7 Å². The van der Waals surface area contributed by atoms with Gasteiger partial charge in [0, 0.05) is 16.6 Å². The number of aromatic nitrogens is 2. The van der Waals surface area contributed by atoms with E-state index in [9.17, 15) is 9.59 Å². The van der Waals surface area contributed by atoms with Crippen molar-refractivity contribution in [3.63, 3.8) is 0 Å².